The van der Waals surface area contributed by atoms with E-state index in [9.17, 15) is 15.0 Å². The van der Waals surface area contributed by atoms with Crippen molar-refractivity contribution < 1.29 is 24.9 Å². The van der Waals surface area contributed by atoms with Gasteiger partial charge in [0, 0.05) is 6.42 Å². The van der Waals surface area contributed by atoms with E-state index in [-0.39, 0.29) is 24.7 Å². The molecule has 100 valence electrons. The monoisotopic (exact) mass is 255 g/mol. The molecular formula is C12H17NO5. The van der Waals surface area contributed by atoms with Crippen molar-refractivity contribution in [1.29, 1.82) is 0 Å². The summed E-state index contributed by atoms with van der Waals surface area (Å²) in [6, 6.07) is 4.27. The van der Waals surface area contributed by atoms with Gasteiger partial charge in [0.1, 0.15) is 5.54 Å². The smallest absolute Gasteiger partial charge is 0.326 e. The Labute approximate surface area is 105 Å². The van der Waals surface area contributed by atoms with Crippen molar-refractivity contribution in [3.8, 4) is 11.5 Å². The molecule has 1 rings (SSSR count). The Morgan fingerprint density at radius 1 is 1.39 bits per heavy atom. The largest absolute Gasteiger partial charge is 0.504 e. The Kier molecular flexibility index (Phi) is 4.52. The van der Waals surface area contributed by atoms with E-state index in [1.165, 1.54) is 19.2 Å². The molecule has 0 fully saturated rings. The number of rotatable bonds is 5. The molecule has 1 aromatic carbocycles. The molecule has 18 heavy (non-hydrogen) atoms. The van der Waals surface area contributed by atoms with Crippen LogP contribution in [0.15, 0.2) is 18.2 Å². The summed E-state index contributed by atoms with van der Waals surface area (Å²) in [5, 5.41) is 30.1. The Hall–Kier alpha value is -1.79. The summed E-state index contributed by atoms with van der Waals surface area (Å²) in [7, 11) is 1.26. The summed E-state index contributed by atoms with van der Waals surface area (Å²) in [5.74, 6) is -1.01. The van der Waals surface area contributed by atoms with E-state index in [0.29, 0.717) is 5.56 Å². The summed E-state index contributed by atoms with van der Waals surface area (Å²) in [6.45, 7) is 1.20. The minimum absolute atomic E-state index is 0.202. The van der Waals surface area contributed by atoms with Gasteiger partial charge >= 0.3 is 5.97 Å². The lowest BCUT2D eigenvalue weighted by atomic mass is 9.93. The third-order valence-electron chi connectivity index (χ3n) is 2.70. The second-order valence-electron chi connectivity index (χ2n) is 4.16. The van der Waals surface area contributed by atoms with Gasteiger partial charge in [-0.3, -0.25) is 10.1 Å². The van der Waals surface area contributed by atoms with Crippen molar-refractivity contribution in [1.82, 2.24) is 5.32 Å². The van der Waals surface area contributed by atoms with Gasteiger partial charge in [-0.2, -0.15) is 0 Å². The zero-order valence-corrected chi connectivity index (χ0v) is 10.3. The molecule has 1 aromatic rings. The fourth-order valence-electron chi connectivity index (χ4n) is 1.69. The number of methoxy groups -OCH3 is 1. The minimum atomic E-state index is -1.10. The second kappa shape index (κ2) is 5.70. The maximum absolute atomic E-state index is 11.7. The van der Waals surface area contributed by atoms with Gasteiger partial charge in [-0.05, 0) is 24.6 Å². The van der Waals surface area contributed by atoms with E-state index in [1.54, 1.807) is 13.0 Å². The van der Waals surface area contributed by atoms with Gasteiger partial charge in [-0.1, -0.05) is 6.07 Å². The number of carbonyl (C=O) groups is 1. The highest BCUT2D eigenvalue weighted by Crippen LogP contribution is 2.27. The third-order valence-corrected chi connectivity index (χ3v) is 2.70. The summed E-state index contributed by atoms with van der Waals surface area (Å²) < 4.78 is 4.67. The highest BCUT2D eigenvalue weighted by atomic mass is 16.5. The zero-order valence-electron chi connectivity index (χ0n) is 10.3. The zero-order chi connectivity index (χ0) is 13.8. The van der Waals surface area contributed by atoms with Crippen LogP contribution in [0.1, 0.15) is 12.5 Å². The predicted octanol–water partition coefficient (Wildman–Crippen LogP) is 0.111. The number of phenolic OH excluding ortho intramolecular Hbond substituents is 2. The van der Waals surface area contributed by atoms with Crippen molar-refractivity contribution in [2.75, 3.05) is 13.8 Å². The van der Waals surface area contributed by atoms with Crippen molar-refractivity contribution in [2.24, 2.45) is 0 Å². The molecule has 0 spiro atoms. The number of benzene rings is 1. The first-order valence-corrected chi connectivity index (χ1v) is 5.38. The number of aliphatic hydroxyl groups is 1. The quantitative estimate of drug-likeness (QED) is 0.338. The van der Waals surface area contributed by atoms with Crippen molar-refractivity contribution in [3.05, 3.63) is 23.8 Å². The number of nitrogens with one attached hydrogen (secondary N) is 1. The molecule has 0 bridgehead atoms. The minimum Gasteiger partial charge on any atom is -0.504 e. The van der Waals surface area contributed by atoms with Gasteiger partial charge in [0.2, 0.25) is 0 Å². The van der Waals surface area contributed by atoms with Crippen LogP contribution < -0.4 is 5.32 Å². The number of aromatic hydroxyl groups is 2. The van der Waals surface area contributed by atoms with Crippen LogP contribution in [0.25, 0.3) is 0 Å². The molecule has 0 aliphatic heterocycles. The Morgan fingerprint density at radius 2 is 2.06 bits per heavy atom. The lowest BCUT2D eigenvalue weighted by Crippen LogP contribution is -2.52. The molecule has 0 aliphatic rings. The molecular weight excluding hydrogens is 238 g/mol. The van der Waals surface area contributed by atoms with Crippen LogP contribution in [0.2, 0.25) is 0 Å². The van der Waals surface area contributed by atoms with E-state index >= 15 is 0 Å². The number of hydrogen-bond donors (Lipinski definition) is 4. The van der Waals surface area contributed by atoms with E-state index in [0.717, 1.165) is 0 Å². The molecule has 0 aliphatic carbocycles. The van der Waals surface area contributed by atoms with Gasteiger partial charge in [-0.15, -0.1) is 0 Å². The van der Waals surface area contributed by atoms with Crippen LogP contribution >= 0.6 is 0 Å². The average Bonchev–Trinajstić information content (AvgIpc) is 2.33. The molecule has 1 atom stereocenters. The lowest BCUT2D eigenvalue weighted by molar-refractivity contribution is -0.148. The van der Waals surface area contributed by atoms with Gasteiger partial charge in [0.15, 0.2) is 11.5 Å². The van der Waals surface area contributed by atoms with Gasteiger partial charge in [-0.25, -0.2) is 0 Å². The maximum atomic E-state index is 11.7. The second-order valence-corrected chi connectivity index (χ2v) is 4.16. The maximum Gasteiger partial charge on any atom is 0.326 e. The number of ether oxygens (including phenoxy) is 1. The first-order chi connectivity index (χ1) is 8.42. The highest BCUT2D eigenvalue weighted by Gasteiger charge is 2.34. The highest BCUT2D eigenvalue weighted by molar-refractivity contribution is 5.80. The van der Waals surface area contributed by atoms with Gasteiger partial charge in [0.25, 0.3) is 0 Å². The molecule has 0 heterocycles. The van der Waals surface area contributed by atoms with E-state index in [2.05, 4.69) is 10.1 Å². The fraction of sp³-hybridized carbons (Fsp3) is 0.417. The average molecular weight is 255 g/mol. The lowest BCUT2D eigenvalue weighted by Gasteiger charge is -2.27. The SMILES string of the molecule is COC(=O)C(C)(Cc1ccc(O)c(O)c1)NCO. The van der Waals surface area contributed by atoms with E-state index in [1.807, 2.05) is 0 Å². The summed E-state index contributed by atoms with van der Waals surface area (Å²) in [6.07, 6.45) is 0.202. The molecule has 0 amide bonds. The van der Waals surface area contributed by atoms with Crippen LogP contribution in [-0.4, -0.2) is 40.7 Å². The number of aliphatic hydroxyl groups excluding tert-OH is 1. The van der Waals surface area contributed by atoms with E-state index in [4.69, 9.17) is 5.11 Å². The van der Waals surface area contributed by atoms with Gasteiger partial charge < -0.3 is 20.1 Å². The van der Waals surface area contributed by atoms with Crippen LogP contribution in [0.3, 0.4) is 0 Å². The van der Waals surface area contributed by atoms with Crippen molar-refractivity contribution in [3.63, 3.8) is 0 Å². The summed E-state index contributed by atoms with van der Waals surface area (Å²) in [5.41, 5.74) is -0.480. The molecule has 0 radical (unpaired) electrons. The topological polar surface area (TPSA) is 99.0 Å². The van der Waals surface area contributed by atoms with Crippen LogP contribution in [0, 0.1) is 0 Å². The van der Waals surface area contributed by atoms with Crippen LogP contribution in [0.5, 0.6) is 11.5 Å². The molecule has 6 heteroatoms. The molecule has 0 aromatic heterocycles. The Balaban J connectivity index is 2.96. The predicted molar refractivity (Wildman–Crippen MR) is 64.1 cm³/mol. The first kappa shape index (κ1) is 14.3. The van der Waals surface area contributed by atoms with E-state index < -0.39 is 11.5 Å². The van der Waals surface area contributed by atoms with Gasteiger partial charge in [0.05, 0.1) is 13.8 Å². The third kappa shape index (κ3) is 3.12. The van der Waals surface area contributed by atoms with Crippen LogP contribution in [-0.2, 0) is 16.0 Å². The summed E-state index contributed by atoms with van der Waals surface area (Å²) >= 11 is 0. The molecule has 0 saturated heterocycles. The van der Waals surface area contributed by atoms with Crippen LogP contribution in [0.4, 0.5) is 0 Å². The standard InChI is InChI=1S/C12H17NO5/c1-12(13-7-14,11(17)18-2)6-8-3-4-9(15)10(16)5-8/h3-5,13-16H,6-7H2,1-2H3. The molecule has 4 N–H and O–H groups in total. The molecule has 6 nitrogen and oxygen atoms in total. The number of phenols is 2. The Bertz CT molecular complexity index is 434. The molecule has 0 saturated carbocycles. The number of esters is 1. The number of hydrogen-bond acceptors (Lipinski definition) is 6. The summed E-state index contributed by atoms with van der Waals surface area (Å²) in [4.78, 5) is 11.7. The Morgan fingerprint density at radius 3 is 2.56 bits per heavy atom. The first-order valence-electron chi connectivity index (χ1n) is 5.38. The number of carbonyl (C=O) groups excluding carboxylic acids is 1. The van der Waals surface area contributed by atoms with Crippen molar-refractivity contribution in [2.45, 2.75) is 18.9 Å². The molecule has 1 unspecified atom stereocenters. The van der Waals surface area contributed by atoms with Crippen molar-refractivity contribution >= 4 is 5.97 Å². The fourth-order valence-corrected chi connectivity index (χ4v) is 1.69. The normalized spacial score (nSPS) is 13.9.